The van der Waals surface area contributed by atoms with E-state index in [0.29, 0.717) is 11.1 Å². The molecule has 2 aromatic heterocycles. The number of benzene rings is 2. The summed E-state index contributed by atoms with van der Waals surface area (Å²) in [5, 5.41) is 16.3. The highest BCUT2D eigenvalue weighted by molar-refractivity contribution is 6.20. The number of carbonyl (C=O) groups excluding carboxylic acids is 1. The summed E-state index contributed by atoms with van der Waals surface area (Å²) in [6, 6.07) is 10.2. The van der Waals surface area contributed by atoms with Crippen molar-refractivity contribution in [1.82, 2.24) is 14.8 Å². The zero-order chi connectivity index (χ0) is 19.4. The molecule has 0 saturated heterocycles. The van der Waals surface area contributed by atoms with Gasteiger partial charge in [0.25, 0.3) is 0 Å². The summed E-state index contributed by atoms with van der Waals surface area (Å²) in [5.74, 6) is -0.465. The number of nitrogens with one attached hydrogen (secondary N) is 1. The van der Waals surface area contributed by atoms with Gasteiger partial charge in [-0.2, -0.15) is 10.4 Å². The quantitative estimate of drug-likeness (QED) is 0.543. The van der Waals surface area contributed by atoms with Gasteiger partial charge < -0.3 is 9.72 Å². The average molecular weight is 370 g/mol. The minimum atomic E-state index is -0.465. The number of hydrogen-bond donors (Lipinski definition) is 1. The fourth-order valence-electron chi connectivity index (χ4n) is 4.39. The standard InChI is InChI=1S/C22H18N4O2/c1-3-28-22(27)20-14(10-23)18-13(8-9-17-15(18)11-26(2)25-17)21-19(20)12-6-4-5-7-16(12)24-21/h4-7,11,24H,3,8-9H2,1-2H3. The molecule has 2 aromatic carbocycles. The molecule has 6 heteroatoms. The van der Waals surface area contributed by atoms with Gasteiger partial charge in [-0.25, -0.2) is 4.79 Å². The van der Waals surface area contributed by atoms with Crippen molar-refractivity contribution in [1.29, 1.82) is 5.26 Å². The van der Waals surface area contributed by atoms with E-state index in [9.17, 15) is 10.1 Å². The maximum absolute atomic E-state index is 13.0. The SMILES string of the molecule is CCOC(=O)c1c(C#N)c2c(c3[nH]c4ccccc4c13)CCc1nn(C)cc1-2. The van der Waals surface area contributed by atoms with Crippen LogP contribution in [0.25, 0.3) is 32.9 Å². The average Bonchev–Trinajstić information content (AvgIpc) is 3.26. The van der Waals surface area contributed by atoms with Gasteiger partial charge in [0, 0.05) is 40.7 Å². The van der Waals surface area contributed by atoms with Crippen molar-refractivity contribution >= 4 is 27.8 Å². The maximum Gasteiger partial charge on any atom is 0.340 e. The molecule has 4 aromatic rings. The minimum Gasteiger partial charge on any atom is -0.462 e. The van der Waals surface area contributed by atoms with Crippen LogP contribution in [-0.4, -0.2) is 27.3 Å². The van der Waals surface area contributed by atoms with E-state index in [2.05, 4.69) is 16.2 Å². The second kappa shape index (κ2) is 5.96. The smallest absolute Gasteiger partial charge is 0.340 e. The fraction of sp³-hybridized carbons (Fsp3) is 0.227. The number of aromatic amines is 1. The lowest BCUT2D eigenvalue weighted by Crippen LogP contribution is -2.13. The van der Waals surface area contributed by atoms with Crippen molar-refractivity contribution in [2.45, 2.75) is 19.8 Å². The van der Waals surface area contributed by atoms with Crippen LogP contribution in [0, 0.1) is 11.3 Å². The number of aromatic nitrogens is 3. The lowest BCUT2D eigenvalue weighted by atomic mass is 9.82. The van der Waals surface area contributed by atoms with Crippen LogP contribution in [0.3, 0.4) is 0 Å². The van der Waals surface area contributed by atoms with Gasteiger partial charge in [-0.15, -0.1) is 0 Å². The van der Waals surface area contributed by atoms with Crippen molar-refractivity contribution < 1.29 is 9.53 Å². The predicted octanol–water partition coefficient (Wildman–Crippen LogP) is 3.87. The molecule has 138 valence electrons. The molecule has 5 rings (SSSR count). The predicted molar refractivity (Wildman–Crippen MR) is 106 cm³/mol. The summed E-state index contributed by atoms with van der Waals surface area (Å²) in [4.78, 5) is 16.5. The third-order valence-electron chi connectivity index (χ3n) is 5.44. The first-order chi connectivity index (χ1) is 13.6. The number of nitriles is 1. The molecule has 1 aliphatic rings. The van der Waals surface area contributed by atoms with Crippen LogP contribution in [0.2, 0.25) is 0 Å². The molecule has 28 heavy (non-hydrogen) atoms. The Kier molecular flexibility index (Phi) is 3.53. The number of aryl methyl sites for hydroxylation is 3. The molecule has 0 radical (unpaired) electrons. The number of rotatable bonds is 2. The van der Waals surface area contributed by atoms with Crippen LogP contribution in [0.1, 0.15) is 34.1 Å². The molecule has 0 amide bonds. The Morgan fingerprint density at radius 2 is 2.18 bits per heavy atom. The van der Waals surface area contributed by atoms with Crippen molar-refractivity contribution in [2.75, 3.05) is 6.61 Å². The molecule has 0 aliphatic heterocycles. The van der Waals surface area contributed by atoms with E-state index >= 15 is 0 Å². The van der Waals surface area contributed by atoms with Gasteiger partial charge in [0.05, 0.1) is 28.9 Å². The van der Waals surface area contributed by atoms with Crippen LogP contribution >= 0.6 is 0 Å². The number of nitrogens with zero attached hydrogens (tertiary/aromatic N) is 3. The topological polar surface area (TPSA) is 83.7 Å². The fourth-order valence-corrected chi connectivity index (χ4v) is 4.39. The number of H-pyrrole nitrogens is 1. The van der Waals surface area contributed by atoms with Crippen molar-refractivity contribution in [3.8, 4) is 17.2 Å². The zero-order valence-corrected chi connectivity index (χ0v) is 15.7. The molecule has 0 saturated carbocycles. The summed E-state index contributed by atoms with van der Waals surface area (Å²) >= 11 is 0. The molecular weight excluding hydrogens is 352 g/mol. The number of hydrogen-bond acceptors (Lipinski definition) is 4. The number of para-hydroxylation sites is 1. The van der Waals surface area contributed by atoms with Gasteiger partial charge in [-0.3, -0.25) is 4.68 Å². The van der Waals surface area contributed by atoms with Crippen molar-refractivity contribution in [3.05, 3.63) is 52.8 Å². The van der Waals surface area contributed by atoms with Gasteiger partial charge in [0.1, 0.15) is 6.07 Å². The number of esters is 1. The Labute approximate surface area is 161 Å². The molecular formula is C22H18N4O2. The first-order valence-corrected chi connectivity index (χ1v) is 9.33. The summed E-state index contributed by atoms with van der Waals surface area (Å²) in [6.45, 7) is 2.02. The van der Waals surface area contributed by atoms with Gasteiger partial charge >= 0.3 is 5.97 Å². The van der Waals surface area contributed by atoms with Gasteiger partial charge in [-0.05, 0) is 31.4 Å². The van der Waals surface area contributed by atoms with Gasteiger partial charge in [0.2, 0.25) is 0 Å². The molecule has 1 aliphatic carbocycles. The molecule has 0 fully saturated rings. The summed E-state index contributed by atoms with van der Waals surface area (Å²) in [5.41, 5.74) is 6.32. The number of ether oxygens (including phenoxy) is 1. The van der Waals surface area contributed by atoms with E-state index in [-0.39, 0.29) is 6.61 Å². The Hall–Kier alpha value is -3.59. The highest BCUT2D eigenvalue weighted by atomic mass is 16.5. The first kappa shape index (κ1) is 16.6. The van der Waals surface area contributed by atoms with Crippen LogP contribution < -0.4 is 0 Å². The maximum atomic E-state index is 13.0. The normalized spacial score (nSPS) is 12.6. The largest absolute Gasteiger partial charge is 0.462 e. The van der Waals surface area contributed by atoms with Crippen LogP contribution in [0.5, 0.6) is 0 Å². The molecule has 6 nitrogen and oxygen atoms in total. The number of carbonyl (C=O) groups is 1. The van der Waals surface area contributed by atoms with Crippen molar-refractivity contribution in [3.63, 3.8) is 0 Å². The van der Waals surface area contributed by atoms with E-state index in [0.717, 1.165) is 57.0 Å². The molecule has 0 spiro atoms. The summed E-state index contributed by atoms with van der Waals surface area (Å²) in [7, 11) is 1.87. The first-order valence-electron chi connectivity index (χ1n) is 9.33. The Balaban J connectivity index is 2.01. The Morgan fingerprint density at radius 1 is 1.36 bits per heavy atom. The highest BCUT2D eigenvalue weighted by Gasteiger charge is 2.31. The molecule has 1 N–H and O–H groups in total. The zero-order valence-electron chi connectivity index (χ0n) is 15.7. The number of fused-ring (bicyclic) bond motifs is 7. The second-order valence-corrected chi connectivity index (χ2v) is 7.02. The highest BCUT2D eigenvalue weighted by Crippen LogP contribution is 2.44. The van der Waals surface area contributed by atoms with Crippen LogP contribution in [-0.2, 0) is 24.6 Å². The lowest BCUT2D eigenvalue weighted by Gasteiger charge is -2.20. The minimum absolute atomic E-state index is 0.253. The van der Waals surface area contributed by atoms with E-state index in [1.807, 2.05) is 37.5 Å². The van der Waals surface area contributed by atoms with Gasteiger partial charge in [0.15, 0.2) is 0 Å². The van der Waals surface area contributed by atoms with E-state index < -0.39 is 5.97 Å². The second-order valence-electron chi connectivity index (χ2n) is 7.02. The molecule has 0 atom stereocenters. The van der Waals surface area contributed by atoms with E-state index in [1.165, 1.54) is 0 Å². The third kappa shape index (κ3) is 2.13. The lowest BCUT2D eigenvalue weighted by molar-refractivity contribution is 0.0528. The van der Waals surface area contributed by atoms with Gasteiger partial charge in [-0.1, -0.05) is 18.2 Å². The van der Waals surface area contributed by atoms with E-state index in [1.54, 1.807) is 11.6 Å². The molecule has 2 heterocycles. The monoisotopic (exact) mass is 370 g/mol. The summed E-state index contributed by atoms with van der Waals surface area (Å²) in [6.07, 6.45) is 3.50. The Morgan fingerprint density at radius 3 is 2.96 bits per heavy atom. The van der Waals surface area contributed by atoms with Crippen molar-refractivity contribution in [2.24, 2.45) is 7.05 Å². The van der Waals surface area contributed by atoms with E-state index in [4.69, 9.17) is 4.74 Å². The Bertz CT molecular complexity index is 1320. The molecule has 0 unspecified atom stereocenters. The van der Waals surface area contributed by atoms with Crippen LogP contribution in [0.4, 0.5) is 0 Å². The van der Waals surface area contributed by atoms with Crippen LogP contribution in [0.15, 0.2) is 30.5 Å². The third-order valence-corrected chi connectivity index (χ3v) is 5.44. The molecule has 0 bridgehead atoms. The summed E-state index contributed by atoms with van der Waals surface area (Å²) < 4.78 is 7.12.